The molecule has 0 unspecified atom stereocenters. The number of alkyl halides is 3. The van der Waals surface area contributed by atoms with Gasteiger partial charge in [-0.3, -0.25) is 4.98 Å². The number of amides is 1. The monoisotopic (exact) mass is 462 g/mol. The molecular formula is C20H27BClF3N2O4. The van der Waals surface area contributed by atoms with Crippen LogP contribution in [0.15, 0.2) is 17.7 Å². The molecule has 1 aromatic heterocycles. The Morgan fingerprint density at radius 3 is 2.23 bits per heavy atom. The van der Waals surface area contributed by atoms with Crippen LogP contribution >= 0.6 is 11.6 Å². The molecule has 0 spiro atoms. The fourth-order valence-corrected chi connectivity index (χ4v) is 2.79. The number of pyridine rings is 1. The SMILES string of the molecule is CC(C)(C)OC(=O)NCC(=Cc1ncc(C(F)(F)F)cc1Cl)B1OC(C)(C)C(C)(C)O1. The third kappa shape index (κ3) is 6.60. The fraction of sp³-hybridized carbons (Fsp3) is 0.600. The third-order valence-electron chi connectivity index (χ3n) is 4.91. The van der Waals surface area contributed by atoms with Gasteiger partial charge in [-0.15, -0.1) is 0 Å². The van der Waals surface area contributed by atoms with E-state index in [0.717, 1.165) is 6.07 Å². The van der Waals surface area contributed by atoms with Crippen LogP contribution in [0.25, 0.3) is 6.08 Å². The summed E-state index contributed by atoms with van der Waals surface area (Å²) in [5.74, 6) is 0. The summed E-state index contributed by atoms with van der Waals surface area (Å²) in [6, 6.07) is 0.795. The van der Waals surface area contributed by atoms with E-state index >= 15 is 0 Å². The molecule has 1 amide bonds. The molecular weight excluding hydrogens is 435 g/mol. The minimum absolute atomic E-state index is 0.0508. The van der Waals surface area contributed by atoms with E-state index in [0.29, 0.717) is 11.7 Å². The maximum absolute atomic E-state index is 12.9. The summed E-state index contributed by atoms with van der Waals surface area (Å²) < 4.78 is 56.0. The van der Waals surface area contributed by atoms with E-state index in [9.17, 15) is 18.0 Å². The maximum atomic E-state index is 12.9. The number of alkyl carbamates (subject to hydrolysis) is 1. The predicted molar refractivity (Wildman–Crippen MR) is 113 cm³/mol. The van der Waals surface area contributed by atoms with Crippen LogP contribution in [0.5, 0.6) is 0 Å². The Morgan fingerprint density at radius 1 is 1.23 bits per heavy atom. The number of hydrogen-bond donors (Lipinski definition) is 1. The van der Waals surface area contributed by atoms with Crippen LogP contribution in [0.2, 0.25) is 5.02 Å². The van der Waals surface area contributed by atoms with E-state index < -0.39 is 41.8 Å². The van der Waals surface area contributed by atoms with Crippen molar-refractivity contribution in [2.75, 3.05) is 6.54 Å². The van der Waals surface area contributed by atoms with E-state index in [-0.39, 0.29) is 17.3 Å². The number of halogens is 4. The molecule has 1 fully saturated rings. The number of ether oxygens (including phenoxy) is 1. The number of nitrogens with one attached hydrogen (secondary N) is 1. The number of carbonyl (C=O) groups is 1. The van der Waals surface area contributed by atoms with Gasteiger partial charge in [-0.2, -0.15) is 13.2 Å². The van der Waals surface area contributed by atoms with Gasteiger partial charge in [0.05, 0.1) is 27.5 Å². The van der Waals surface area contributed by atoms with Gasteiger partial charge in [0.15, 0.2) is 0 Å². The molecule has 0 aromatic carbocycles. The number of carbonyl (C=O) groups excluding carboxylic acids is 1. The summed E-state index contributed by atoms with van der Waals surface area (Å²) in [5.41, 5.74) is -2.49. The highest BCUT2D eigenvalue weighted by molar-refractivity contribution is 6.56. The minimum atomic E-state index is -4.56. The van der Waals surface area contributed by atoms with Crippen molar-refractivity contribution in [3.63, 3.8) is 0 Å². The Kier molecular flexibility index (Phi) is 7.10. The smallest absolute Gasteiger partial charge is 0.444 e. The van der Waals surface area contributed by atoms with Gasteiger partial charge in [0.2, 0.25) is 0 Å². The number of rotatable bonds is 4. The second-order valence-electron chi connectivity index (χ2n) is 9.25. The first-order valence-electron chi connectivity index (χ1n) is 9.67. The summed E-state index contributed by atoms with van der Waals surface area (Å²) in [4.78, 5) is 15.9. The molecule has 1 saturated heterocycles. The van der Waals surface area contributed by atoms with Crippen molar-refractivity contribution in [3.05, 3.63) is 34.0 Å². The second kappa shape index (κ2) is 8.63. The van der Waals surface area contributed by atoms with Crippen LogP contribution in [0.4, 0.5) is 18.0 Å². The highest BCUT2D eigenvalue weighted by Gasteiger charge is 2.52. The Bertz CT molecular complexity index is 851. The van der Waals surface area contributed by atoms with Gasteiger partial charge in [0.1, 0.15) is 5.60 Å². The van der Waals surface area contributed by atoms with Crippen LogP contribution in [-0.4, -0.2) is 41.5 Å². The highest BCUT2D eigenvalue weighted by atomic mass is 35.5. The fourth-order valence-electron chi connectivity index (χ4n) is 2.57. The molecule has 31 heavy (non-hydrogen) atoms. The van der Waals surface area contributed by atoms with E-state index in [4.69, 9.17) is 25.6 Å². The maximum Gasteiger partial charge on any atom is 0.492 e. The van der Waals surface area contributed by atoms with Crippen molar-refractivity contribution in [2.45, 2.75) is 71.4 Å². The summed E-state index contributed by atoms with van der Waals surface area (Å²) >= 11 is 6.05. The first-order valence-corrected chi connectivity index (χ1v) is 10.0. The molecule has 2 rings (SSSR count). The molecule has 0 radical (unpaired) electrons. The van der Waals surface area contributed by atoms with Crippen LogP contribution in [0.3, 0.4) is 0 Å². The van der Waals surface area contributed by atoms with E-state index in [1.165, 1.54) is 6.08 Å². The zero-order valence-electron chi connectivity index (χ0n) is 18.6. The Labute approximate surface area is 185 Å². The van der Waals surface area contributed by atoms with Crippen molar-refractivity contribution < 1.29 is 32.0 Å². The largest absolute Gasteiger partial charge is 0.492 e. The molecule has 0 atom stereocenters. The van der Waals surface area contributed by atoms with Crippen LogP contribution in [0, 0.1) is 0 Å². The minimum Gasteiger partial charge on any atom is -0.444 e. The van der Waals surface area contributed by atoms with Gasteiger partial charge < -0.3 is 19.4 Å². The zero-order valence-corrected chi connectivity index (χ0v) is 19.4. The Balaban J connectivity index is 2.35. The summed E-state index contributed by atoms with van der Waals surface area (Å²) in [7, 11) is -0.875. The van der Waals surface area contributed by atoms with Gasteiger partial charge in [0, 0.05) is 12.7 Å². The van der Waals surface area contributed by atoms with Gasteiger partial charge in [-0.05, 0) is 66.1 Å². The van der Waals surface area contributed by atoms with Crippen LogP contribution < -0.4 is 5.32 Å². The second-order valence-corrected chi connectivity index (χ2v) is 9.66. The van der Waals surface area contributed by atoms with E-state index in [1.807, 2.05) is 27.7 Å². The predicted octanol–water partition coefficient (Wildman–Crippen LogP) is 5.29. The van der Waals surface area contributed by atoms with E-state index in [2.05, 4.69) is 10.3 Å². The molecule has 1 aliphatic rings. The van der Waals surface area contributed by atoms with Gasteiger partial charge in [-0.1, -0.05) is 11.6 Å². The molecule has 6 nitrogen and oxygen atoms in total. The quantitative estimate of drug-likeness (QED) is 0.616. The molecule has 0 bridgehead atoms. The van der Waals surface area contributed by atoms with Crippen molar-refractivity contribution in [1.29, 1.82) is 0 Å². The topological polar surface area (TPSA) is 69.7 Å². The lowest BCUT2D eigenvalue weighted by atomic mass is 9.77. The first kappa shape index (κ1) is 25.5. The van der Waals surface area contributed by atoms with Crippen LogP contribution in [0.1, 0.15) is 59.7 Å². The lowest BCUT2D eigenvalue weighted by molar-refractivity contribution is -0.137. The molecule has 1 aromatic rings. The lowest BCUT2D eigenvalue weighted by Gasteiger charge is -2.32. The van der Waals surface area contributed by atoms with E-state index in [1.54, 1.807) is 20.8 Å². The van der Waals surface area contributed by atoms with Crippen molar-refractivity contribution in [1.82, 2.24) is 10.3 Å². The molecule has 0 saturated carbocycles. The molecule has 0 aliphatic carbocycles. The average Bonchev–Trinajstić information content (AvgIpc) is 2.77. The molecule has 2 heterocycles. The molecule has 11 heteroatoms. The van der Waals surface area contributed by atoms with Crippen molar-refractivity contribution in [3.8, 4) is 0 Å². The van der Waals surface area contributed by atoms with Crippen molar-refractivity contribution in [2.24, 2.45) is 0 Å². The summed E-state index contributed by atoms with van der Waals surface area (Å²) in [6.45, 7) is 12.6. The van der Waals surface area contributed by atoms with Crippen LogP contribution in [-0.2, 0) is 20.2 Å². The van der Waals surface area contributed by atoms with Crippen molar-refractivity contribution >= 4 is 30.9 Å². The number of aromatic nitrogens is 1. The lowest BCUT2D eigenvalue weighted by Crippen LogP contribution is -2.41. The zero-order chi connectivity index (χ0) is 23.8. The Morgan fingerprint density at radius 2 is 1.77 bits per heavy atom. The third-order valence-corrected chi connectivity index (χ3v) is 5.21. The van der Waals surface area contributed by atoms with Gasteiger partial charge in [-0.25, -0.2) is 4.79 Å². The number of nitrogens with zero attached hydrogens (tertiary/aromatic N) is 1. The summed E-state index contributed by atoms with van der Waals surface area (Å²) in [6.07, 6.45) is -3.09. The number of hydrogen-bond acceptors (Lipinski definition) is 5. The Hall–Kier alpha value is -1.78. The standard InChI is InChI=1S/C20H27BClF3N2O4/c1-17(2,3)29-16(28)27-11-13(21-30-18(4,5)19(6,7)31-21)9-15-14(22)8-12(10-26-15)20(23,24)25/h8-10H,11H2,1-7H3,(H,27,28). The first-order chi connectivity index (χ1) is 13.9. The van der Waals surface area contributed by atoms with Gasteiger partial charge >= 0.3 is 19.4 Å². The summed E-state index contributed by atoms with van der Waals surface area (Å²) in [5, 5.41) is 2.41. The highest BCUT2D eigenvalue weighted by Crippen LogP contribution is 2.39. The molecule has 172 valence electrons. The molecule has 1 N–H and O–H groups in total. The molecule has 1 aliphatic heterocycles. The van der Waals surface area contributed by atoms with Gasteiger partial charge in [0.25, 0.3) is 0 Å². The normalized spacial score (nSPS) is 18.8. The average molecular weight is 463 g/mol.